The first-order chi connectivity index (χ1) is 10.6. The van der Waals surface area contributed by atoms with Gasteiger partial charge in [-0.3, -0.25) is 4.79 Å². The smallest absolute Gasteiger partial charge is 0.320 e. The number of fused-ring (bicyclic) bond motifs is 1. The molecule has 1 saturated heterocycles. The van der Waals surface area contributed by atoms with Gasteiger partial charge in [0.25, 0.3) is 0 Å². The Balaban J connectivity index is 2.25. The Labute approximate surface area is 132 Å². The van der Waals surface area contributed by atoms with E-state index in [1.165, 1.54) is 0 Å². The molecule has 2 atom stereocenters. The Bertz CT molecular complexity index is 449. The van der Waals surface area contributed by atoms with Crippen LogP contribution in [0.1, 0.15) is 38.5 Å². The van der Waals surface area contributed by atoms with E-state index in [9.17, 15) is 14.7 Å². The zero-order valence-electron chi connectivity index (χ0n) is 13.2. The van der Waals surface area contributed by atoms with Crippen molar-refractivity contribution >= 4 is 12.0 Å². The molecule has 2 fully saturated rings. The van der Waals surface area contributed by atoms with E-state index >= 15 is 0 Å². The minimum atomic E-state index is -0.750. The molecule has 5 heteroatoms. The van der Waals surface area contributed by atoms with Crippen LogP contribution in [0.25, 0.3) is 0 Å². The summed E-state index contributed by atoms with van der Waals surface area (Å²) in [4.78, 5) is 28.2. The Kier molecular flexibility index (Phi) is 5.27. The molecule has 0 aromatic carbocycles. The largest absolute Gasteiger partial charge is 0.481 e. The molecule has 5 nitrogen and oxygen atoms in total. The molecule has 2 aliphatic rings. The number of carboxylic acids is 1. The number of likely N-dealkylation sites (tertiary alicyclic amines) is 1. The maximum atomic E-state index is 12.9. The van der Waals surface area contributed by atoms with Crippen molar-refractivity contribution in [2.75, 3.05) is 19.6 Å². The number of carbonyl (C=O) groups is 2. The fourth-order valence-corrected chi connectivity index (χ4v) is 4.00. The van der Waals surface area contributed by atoms with Gasteiger partial charge in [-0.05, 0) is 25.7 Å². The summed E-state index contributed by atoms with van der Waals surface area (Å²) in [5, 5.41) is 9.79. The van der Waals surface area contributed by atoms with Crippen LogP contribution in [0.2, 0.25) is 0 Å². The lowest BCUT2D eigenvalue weighted by atomic mass is 9.65. The molecular formula is C17H26N2O3. The number of carbonyl (C=O) groups excluding carboxylic acids is 1. The van der Waals surface area contributed by atoms with Gasteiger partial charge in [0.1, 0.15) is 0 Å². The van der Waals surface area contributed by atoms with Gasteiger partial charge in [-0.25, -0.2) is 4.79 Å². The molecule has 1 aliphatic carbocycles. The first-order valence-electron chi connectivity index (χ1n) is 8.07. The van der Waals surface area contributed by atoms with Gasteiger partial charge in [-0.1, -0.05) is 25.0 Å². The molecule has 122 valence electrons. The molecule has 0 spiro atoms. The zero-order valence-corrected chi connectivity index (χ0v) is 13.2. The third kappa shape index (κ3) is 2.89. The molecule has 0 aromatic rings. The lowest BCUT2D eigenvalue weighted by molar-refractivity contribution is -0.159. The third-order valence-corrected chi connectivity index (χ3v) is 5.03. The SMILES string of the molecule is C=CCN(CC=C)C(=O)N1CCC[C@@]2(C(=O)O)CCCC[C@H]12. The number of carboxylic acid groups (broad SMARTS) is 1. The van der Waals surface area contributed by atoms with Gasteiger partial charge < -0.3 is 14.9 Å². The minimum Gasteiger partial charge on any atom is -0.481 e. The van der Waals surface area contributed by atoms with Gasteiger partial charge in [0.05, 0.1) is 5.41 Å². The van der Waals surface area contributed by atoms with Crippen molar-refractivity contribution < 1.29 is 14.7 Å². The van der Waals surface area contributed by atoms with Crippen molar-refractivity contribution in [3.63, 3.8) is 0 Å². The molecule has 1 N–H and O–H groups in total. The predicted octanol–water partition coefficient (Wildman–Crippen LogP) is 2.89. The fourth-order valence-electron chi connectivity index (χ4n) is 4.00. The zero-order chi connectivity index (χ0) is 16.2. The van der Waals surface area contributed by atoms with Crippen LogP contribution in [0.3, 0.4) is 0 Å². The average Bonchev–Trinajstić information content (AvgIpc) is 2.53. The molecule has 2 amide bonds. The first kappa shape index (κ1) is 16.6. The Morgan fingerprint density at radius 3 is 2.41 bits per heavy atom. The molecule has 1 heterocycles. The van der Waals surface area contributed by atoms with Crippen LogP contribution >= 0.6 is 0 Å². The predicted molar refractivity (Wildman–Crippen MR) is 85.6 cm³/mol. The Hall–Kier alpha value is -1.78. The van der Waals surface area contributed by atoms with E-state index < -0.39 is 11.4 Å². The number of hydrogen-bond acceptors (Lipinski definition) is 2. The number of aliphatic carboxylic acids is 1. The van der Waals surface area contributed by atoms with Crippen LogP contribution in [0.4, 0.5) is 4.79 Å². The van der Waals surface area contributed by atoms with Crippen LogP contribution in [0.15, 0.2) is 25.3 Å². The quantitative estimate of drug-likeness (QED) is 0.794. The van der Waals surface area contributed by atoms with E-state index in [-0.39, 0.29) is 12.1 Å². The van der Waals surface area contributed by atoms with Crippen LogP contribution < -0.4 is 0 Å². The standard InChI is InChI=1S/C17H26N2O3/c1-3-11-18(12-4-2)16(22)19-13-7-10-17(15(20)21)9-6-5-8-14(17)19/h3-4,14H,1-2,5-13H2,(H,20,21)/t14-,17-/m0/s1. The second-order valence-electron chi connectivity index (χ2n) is 6.28. The summed E-state index contributed by atoms with van der Waals surface area (Å²) in [6.07, 6.45) is 8.21. The topological polar surface area (TPSA) is 60.9 Å². The van der Waals surface area contributed by atoms with Crippen molar-refractivity contribution in [3.8, 4) is 0 Å². The van der Waals surface area contributed by atoms with Crippen molar-refractivity contribution in [1.29, 1.82) is 0 Å². The molecule has 0 radical (unpaired) electrons. The molecule has 2 rings (SSSR count). The van der Waals surface area contributed by atoms with E-state index in [4.69, 9.17) is 0 Å². The van der Waals surface area contributed by atoms with Crippen molar-refractivity contribution in [2.45, 2.75) is 44.6 Å². The molecule has 0 unspecified atom stereocenters. The highest BCUT2D eigenvalue weighted by molar-refractivity contribution is 5.80. The monoisotopic (exact) mass is 306 g/mol. The molecule has 22 heavy (non-hydrogen) atoms. The lowest BCUT2D eigenvalue weighted by Crippen LogP contribution is -2.61. The number of hydrogen-bond donors (Lipinski definition) is 1. The summed E-state index contributed by atoms with van der Waals surface area (Å²) >= 11 is 0. The van der Waals surface area contributed by atoms with Crippen LogP contribution in [-0.2, 0) is 4.79 Å². The van der Waals surface area contributed by atoms with Gasteiger partial charge in [0.2, 0.25) is 0 Å². The molecule has 0 bridgehead atoms. The summed E-state index contributed by atoms with van der Waals surface area (Å²) < 4.78 is 0. The summed E-state index contributed by atoms with van der Waals surface area (Å²) in [5.41, 5.74) is -0.750. The van der Waals surface area contributed by atoms with E-state index in [1.807, 2.05) is 0 Å². The first-order valence-corrected chi connectivity index (χ1v) is 8.07. The highest BCUT2D eigenvalue weighted by Crippen LogP contribution is 2.46. The summed E-state index contributed by atoms with van der Waals surface area (Å²) in [7, 11) is 0. The minimum absolute atomic E-state index is 0.0861. The second kappa shape index (κ2) is 6.99. The van der Waals surface area contributed by atoms with Gasteiger partial charge in [0.15, 0.2) is 0 Å². The Morgan fingerprint density at radius 2 is 1.82 bits per heavy atom. The maximum absolute atomic E-state index is 12.9. The van der Waals surface area contributed by atoms with E-state index in [1.54, 1.807) is 22.0 Å². The maximum Gasteiger partial charge on any atom is 0.320 e. The number of amides is 2. The molecular weight excluding hydrogens is 280 g/mol. The third-order valence-electron chi connectivity index (χ3n) is 5.03. The summed E-state index contributed by atoms with van der Waals surface area (Å²) in [6, 6.07) is -0.269. The van der Waals surface area contributed by atoms with Crippen molar-refractivity contribution in [2.24, 2.45) is 5.41 Å². The van der Waals surface area contributed by atoms with Crippen LogP contribution in [0.5, 0.6) is 0 Å². The van der Waals surface area contributed by atoms with E-state index in [0.717, 1.165) is 25.7 Å². The van der Waals surface area contributed by atoms with E-state index in [2.05, 4.69) is 13.2 Å². The van der Waals surface area contributed by atoms with Crippen LogP contribution in [-0.4, -0.2) is 52.6 Å². The van der Waals surface area contributed by atoms with Gasteiger partial charge in [-0.15, -0.1) is 13.2 Å². The molecule has 1 saturated carbocycles. The molecule has 0 aromatic heterocycles. The summed E-state index contributed by atoms with van der Waals surface area (Å²) in [6.45, 7) is 8.93. The number of rotatable bonds is 5. The number of nitrogens with zero attached hydrogens (tertiary/aromatic N) is 2. The van der Waals surface area contributed by atoms with Crippen molar-refractivity contribution in [3.05, 3.63) is 25.3 Å². The summed E-state index contributed by atoms with van der Waals surface area (Å²) in [5.74, 6) is -0.742. The van der Waals surface area contributed by atoms with Gasteiger partial charge in [-0.2, -0.15) is 0 Å². The number of piperidine rings is 1. The lowest BCUT2D eigenvalue weighted by Gasteiger charge is -2.51. The highest BCUT2D eigenvalue weighted by atomic mass is 16.4. The fraction of sp³-hybridized carbons (Fsp3) is 0.647. The number of urea groups is 1. The van der Waals surface area contributed by atoms with Gasteiger partial charge >= 0.3 is 12.0 Å². The van der Waals surface area contributed by atoms with E-state index in [0.29, 0.717) is 32.5 Å². The normalized spacial score (nSPS) is 27.6. The Morgan fingerprint density at radius 1 is 1.18 bits per heavy atom. The molecule has 1 aliphatic heterocycles. The van der Waals surface area contributed by atoms with Gasteiger partial charge in [0, 0.05) is 25.7 Å². The van der Waals surface area contributed by atoms with Crippen LogP contribution in [0, 0.1) is 5.41 Å². The highest BCUT2D eigenvalue weighted by Gasteiger charge is 2.52. The average molecular weight is 306 g/mol. The second-order valence-corrected chi connectivity index (χ2v) is 6.28. The van der Waals surface area contributed by atoms with Crippen molar-refractivity contribution in [1.82, 2.24) is 9.80 Å².